The Morgan fingerprint density at radius 1 is 1.60 bits per heavy atom. The molecule has 1 aromatic heterocycles. The maximum atomic E-state index is 5.83. The minimum atomic E-state index is 0.344. The first-order chi connectivity index (χ1) is 7.28. The third kappa shape index (κ3) is 3.00. The summed E-state index contributed by atoms with van der Waals surface area (Å²) in [5.41, 5.74) is 6.89. The summed E-state index contributed by atoms with van der Waals surface area (Å²) in [4.78, 5) is 4.47. The quantitative estimate of drug-likeness (QED) is 0.855. The van der Waals surface area contributed by atoms with Crippen molar-refractivity contribution in [2.24, 2.45) is 5.73 Å². The molecular weight excluding hydrogens is 208 g/mol. The summed E-state index contributed by atoms with van der Waals surface area (Å²) in [6.07, 6.45) is 4.57. The number of ether oxygens (including phenoxy) is 1. The van der Waals surface area contributed by atoms with Crippen molar-refractivity contribution in [2.45, 2.75) is 51.4 Å². The van der Waals surface area contributed by atoms with Crippen LogP contribution in [0.4, 0.5) is 0 Å². The zero-order chi connectivity index (χ0) is 10.7. The number of aryl methyl sites for hydroxylation is 1. The lowest BCUT2D eigenvalue weighted by Crippen LogP contribution is -2.17. The molecule has 0 saturated heterocycles. The van der Waals surface area contributed by atoms with Crippen LogP contribution < -0.4 is 5.73 Å². The molecule has 1 fully saturated rings. The van der Waals surface area contributed by atoms with Crippen molar-refractivity contribution >= 4 is 11.3 Å². The molecule has 0 amide bonds. The van der Waals surface area contributed by atoms with E-state index in [9.17, 15) is 0 Å². The summed E-state index contributed by atoms with van der Waals surface area (Å²) < 4.78 is 5.78. The van der Waals surface area contributed by atoms with E-state index in [1.165, 1.54) is 5.01 Å². The smallest absolute Gasteiger partial charge is 0.0926 e. The van der Waals surface area contributed by atoms with E-state index in [0.717, 1.165) is 31.4 Å². The predicted molar refractivity (Wildman–Crippen MR) is 61.9 cm³/mol. The zero-order valence-electron chi connectivity index (χ0n) is 9.11. The fraction of sp³-hybridized carbons (Fsp3) is 0.727. The molecule has 84 valence electrons. The molecule has 2 rings (SSSR count). The summed E-state index contributed by atoms with van der Waals surface area (Å²) in [6, 6.07) is 0.344. The second kappa shape index (κ2) is 5.05. The van der Waals surface area contributed by atoms with Gasteiger partial charge in [0.25, 0.3) is 0 Å². The summed E-state index contributed by atoms with van der Waals surface area (Å²) in [6.45, 7) is 2.77. The first-order valence-corrected chi connectivity index (χ1v) is 6.46. The van der Waals surface area contributed by atoms with Crippen molar-refractivity contribution < 1.29 is 4.74 Å². The van der Waals surface area contributed by atoms with E-state index < -0.39 is 0 Å². The number of hydrogen-bond acceptors (Lipinski definition) is 4. The lowest BCUT2D eigenvalue weighted by molar-refractivity contribution is 0.0431. The van der Waals surface area contributed by atoms with Crippen LogP contribution in [0.25, 0.3) is 0 Å². The summed E-state index contributed by atoms with van der Waals surface area (Å²) >= 11 is 1.72. The van der Waals surface area contributed by atoms with Gasteiger partial charge in [0.1, 0.15) is 0 Å². The van der Waals surface area contributed by atoms with E-state index in [4.69, 9.17) is 10.5 Å². The minimum Gasteiger partial charge on any atom is -0.372 e. The highest BCUT2D eigenvalue weighted by Crippen LogP contribution is 2.22. The van der Waals surface area contributed by atoms with Gasteiger partial charge in [-0.15, -0.1) is 11.3 Å². The number of nitrogens with zero attached hydrogens (tertiary/aromatic N) is 1. The van der Waals surface area contributed by atoms with Gasteiger partial charge in [0.2, 0.25) is 0 Å². The third-order valence-corrected chi connectivity index (χ3v) is 3.84. The summed E-state index contributed by atoms with van der Waals surface area (Å²) in [5, 5.41) is 3.28. The maximum Gasteiger partial charge on any atom is 0.0926 e. The van der Waals surface area contributed by atoms with Crippen LogP contribution in [0.5, 0.6) is 0 Å². The molecule has 1 heterocycles. The van der Waals surface area contributed by atoms with Gasteiger partial charge in [-0.3, -0.25) is 0 Å². The van der Waals surface area contributed by atoms with E-state index in [2.05, 4.69) is 17.3 Å². The van der Waals surface area contributed by atoms with Crippen molar-refractivity contribution in [3.05, 3.63) is 16.1 Å². The van der Waals surface area contributed by atoms with E-state index in [1.54, 1.807) is 11.3 Å². The number of aromatic nitrogens is 1. The van der Waals surface area contributed by atoms with Gasteiger partial charge in [0, 0.05) is 11.4 Å². The fourth-order valence-corrected chi connectivity index (χ4v) is 2.63. The lowest BCUT2D eigenvalue weighted by atomic mass is 10.3. The molecular formula is C11H18N2OS. The third-order valence-electron chi connectivity index (χ3n) is 2.79. The standard InChI is InChI=1S/C11H18N2OS/c1-2-11-13-9(7-15-11)6-14-10-4-3-8(12)5-10/h7-8,10H,2-6,12H2,1H3. The monoisotopic (exact) mass is 226 g/mol. The van der Waals surface area contributed by atoms with Gasteiger partial charge in [-0.1, -0.05) is 6.92 Å². The van der Waals surface area contributed by atoms with Crippen LogP contribution in [0, 0.1) is 0 Å². The Hall–Kier alpha value is -0.450. The van der Waals surface area contributed by atoms with Crippen molar-refractivity contribution in [1.82, 2.24) is 4.98 Å². The highest BCUT2D eigenvalue weighted by atomic mass is 32.1. The molecule has 15 heavy (non-hydrogen) atoms. The molecule has 0 spiro atoms. The van der Waals surface area contributed by atoms with E-state index in [1.807, 2.05) is 0 Å². The number of nitrogens with two attached hydrogens (primary N) is 1. The van der Waals surface area contributed by atoms with Crippen LogP contribution in [-0.4, -0.2) is 17.1 Å². The fourth-order valence-electron chi connectivity index (χ4n) is 1.91. The molecule has 0 aromatic carbocycles. The summed E-state index contributed by atoms with van der Waals surface area (Å²) in [5.74, 6) is 0. The topological polar surface area (TPSA) is 48.1 Å². The van der Waals surface area contributed by atoms with Gasteiger partial charge < -0.3 is 10.5 Å². The molecule has 0 aliphatic heterocycles. The van der Waals surface area contributed by atoms with Gasteiger partial charge in [0.05, 0.1) is 23.4 Å². The minimum absolute atomic E-state index is 0.344. The Balaban J connectivity index is 1.77. The second-order valence-electron chi connectivity index (χ2n) is 4.09. The normalized spacial score (nSPS) is 26.0. The second-order valence-corrected chi connectivity index (χ2v) is 5.03. The number of rotatable bonds is 4. The van der Waals surface area contributed by atoms with E-state index in [0.29, 0.717) is 18.8 Å². The SMILES string of the molecule is CCc1nc(COC2CCC(N)C2)cs1. The first kappa shape index (κ1) is 11.0. The Bertz CT molecular complexity index is 313. The van der Waals surface area contributed by atoms with Gasteiger partial charge in [-0.25, -0.2) is 4.98 Å². The number of hydrogen-bond donors (Lipinski definition) is 1. The highest BCUT2D eigenvalue weighted by Gasteiger charge is 2.22. The Labute approximate surface area is 94.7 Å². The molecule has 1 aromatic rings. The van der Waals surface area contributed by atoms with Crippen molar-refractivity contribution in [3.8, 4) is 0 Å². The molecule has 0 bridgehead atoms. The summed E-state index contributed by atoms with van der Waals surface area (Å²) in [7, 11) is 0. The van der Waals surface area contributed by atoms with Gasteiger partial charge >= 0.3 is 0 Å². The predicted octanol–water partition coefficient (Wildman–Crippen LogP) is 2.10. The Morgan fingerprint density at radius 2 is 2.47 bits per heavy atom. The van der Waals surface area contributed by atoms with Crippen LogP contribution in [0.3, 0.4) is 0 Å². The lowest BCUT2D eigenvalue weighted by Gasteiger charge is -2.09. The molecule has 2 unspecified atom stereocenters. The highest BCUT2D eigenvalue weighted by molar-refractivity contribution is 7.09. The molecule has 0 radical (unpaired) electrons. The van der Waals surface area contributed by atoms with Gasteiger partial charge in [0.15, 0.2) is 0 Å². The first-order valence-electron chi connectivity index (χ1n) is 5.58. The van der Waals surface area contributed by atoms with Gasteiger partial charge in [-0.2, -0.15) is 0 Å². The molecule has 4 heteroatoms. The van der Waals surface area contributed by atoms with Crippen LogP contribution in [0.2, 0.25) is 0 Å². The van der Waals surface area contributed by atoms with Crippen LogP contribution in [0.15, 0.2) is 5.38 Å². The van der Waals surface area contributed by atoms with Crippen molar-refractivity contribution in [1.29, 1.82) is 0 Å². The number of thiazole rings is 1. The molecule has 1 aliphatic carbocycles. The van der Waals surface area contributed by atoms with Crippen LogP contribution >= 0.6 is 11.3 Å². The Kier molecular flexibility index (Phi) is 3.72. The molecule has 1 saturated carbocycles. The average molecular weight is 226 g/mol. The molecule has 2 atom stereocenters. The van der Waals surface area contributed by atoms with Gasteiger partial charge in [-0.05, 0) is 25.7 Å². The van der Waals surface area contributed by atoms with E-state index in [-0.39, 0.29) is 0 Å². The van der Waals surface area contributed by atoms with Crippen LogP contribution in [0.1, 0.15) is 36.9 Å². The van der Waals surface area contributed by atoms with Crippen LogP contribution in [-0.2, 0) is 17.8 Å². The maximum absolute atomic E-state index is 5.83. The van der Waals surface area contributed by atoms with Crippen molar-refractivity contribution in [2.75, 3.05) is 0 Å². The Morgan fingerprint density at radius 3 is 3.07 bits per heavy atom. The molecule has 1 aliphatic rings. The largest absolute Gasteiger partial charge is 0.372 e. The zero-order valence-corrected chi connectivity index (χ0v) is 9.93. The molecule has 3 nitrogen and oxygen atoms in total. The van der Waals surface area contributed by atoms with E-state index >= 15 is 0 Å². The van der Waals surface area contributed by atoms with Crippen molar-refractivity contribution in [3.63, 3.8) is 0 Å². The average Bonchev–Trinajstić information content (AvgIpc) is 2.83. The molecule has 2 N–H and O–H groups in total.